The fourth-order valence-corrected chi connectivity index (χ4v) is 4.00. The Morgan fingerprint density at radius 1 is 1.42 bits per heavy atom. The first-order valence-electron chi connectivity index (χ1n) is 7.59. The van der Waals surface area contributed by atoms with Crippen molar-refractivity contribution in [3.63, 3.8) is 0 Å². The molecule has 1 unspecified atom stereocenters. The van der Waals surface area contributed by atoms with Gasteiger partial charge in [-0.15, -0.1) is 0 Å². The van der Waals surface area contributed by atoms with Gasteiger partial charge in [-0.3, -0.25) is 0 Å². The van der Waals surface area contributed by atoms with Gasteiger partial charge in [-0.25, -0.2) is 4.98 Å². The molecule has 0 amide bonds. The van der Waals surface area contributed by atoms with Crippen molar-refractivity contribution >= 4 is 11.8 Å². The predicted molar refractivity (Wildman–Crippen MR) is 81.6 cm³/mol. The largest absolute Gasteiger partial charge is 0.392 e. The topological polar surface area (TPSA) is 38.0 Å². The zero-order valence-electron chi connectivity index (χ0n) is 11.9. The monoisotopic (exact) mass is 282 g/mol. The molecule has 19 heavy (non-hydrogen) atoms. The Labute approximate surface area is 120 Å². The molecule has 4 heteroatoms. The first-order chi connectivity index (χ1) is 9.29. The van der Waals surface area contributed by atoms with Crippen molar-refractivity contribution in [2.24, 2.45) is 0 Å². The molecule has 0 aromatic carbocycles. The number of nitrogens with zero attached hydrogens (tertiary/aromatic N) is 2. The van der Waals surface area contributed by atoms with Gasteiger partial charge < -0.3 is 9.67 Å². The quantitative estimate of drug-likeness (QED) is 0.834. The van der Waals surface area contributed by atoms with Crippen molar-refractivity contribution < 1.29 is 5.11 Å². The molecule has 1 fully saturated rings. The smallest absolute Gasteiger partial charge is 0.111 e. The molecule has 3 nitrogen and oxygen atoms in total. The van der Waals surface area contributed by atoms with Crippen LogP contribution in [0.1, 0.15) is 51.3 Å². The zero-order valence-corrected chi connectivity index (χ0v) is 12.7. The zero-order chi connectivity index (χ0) is 13.5. The van der Waals surface area contributed by atoms with Crippen molar-refractivity contribution in [1.82, 2.24) is 9.55 Å². The van der Waals surface area contributed by atoms with Crippen LogP contribution in [0.2, 0.25) is 0 Å². The summed E-state index contributed by atoms with van der Waals surface area (Å²) in [5.74, 6) is 1.88. The molecule has 0 saturated heterocycles. The van der Waals surface area contributed by atoms with E-state index in [1.54, 1.807) is 0 Å². The number of aliphatic hydroxyl groups excluding tert-OH is 1. The van der Waals surface area contributed by atoms with Crippen molar-refractivity contribution in [3.8, 4) is 0 Å². The van der Waals surface area contributed by atoms with Gasteiger partial charge >= 0.3 is 0 Å². The van der Waals surface area contributed by atoms with E-state index < -0.39 is 0 Å². The predicted octanol–water partition coefficient (Wildman–Crippen LogP) is 3.26. The molecule has 1 aliphatic carbocycles. The molecule has 0 radical (unpaired) electrons. The van der Waals surface area contributed by atoms with Crippen LogP contribution < -0.4 is 0 Å². The van der Waals surface area contributed by atoms with Gasteiger partial charge in [-0.05, 0) is 19.3 Å². The molecule has 1 aromatic heterocycles. The summed E-state index contributed by atoms with van der Waals surface area (Å²) in [6, 6.07) is 0. The number of hydrogen-bond donors (Lipinski definition) is 1. The fourth-order valence-electron chi connectivity index (χ4n) is 2.72. The third-order valence-electron chi connectivity index (χ3n) is 3.76. The fraction of sp³-hybridized carbons (Fsp3) is 0.800. The van der Waals surface area contributed by atoms with E-state index in [1.165, 1.54) is 32.1 Å². The van der Waals surface area contributed by atoms with Gasteiger partial charge in [-0.1, -0.05) is 26.2 Å². The molecule has 0 bridgehead atoms. The van der Waals surface area contributed by atoms with E-state index in [2.05, 4.69) is 16.5 Å². The molecule has 1 aliphatic rings. The molecule has 1 aromatic rings. The average molecular weight is 282 g/mol. The summed E-state index contributed by atoms with van der Waals surface area (Å²) < 4.78 is 2.16. The van der Waals surface area contributed by atoms with Crippen LogP contribution in [0.3, 0.4) is 0 Å². The lowest BCUT2D eigenvalue weighted by molar-refractivity contribution is 0.195. The Morgan fingerprint density at radius 2 is 2.21 bits per heavy atom. The number of imidazole rings is 1. The van der Waals surface area contributed by atoms with Crippen molar-refractivity contribution in [3.05, 3.63) is 18.2 Å². The molecular formula is C15H26N2OS. The van der Waals surface area contributed by atoms with Gasteiger partial charge in [0.15, 0.2) is 0 Å². The minimum atomic E-state index is -0.259. The Balaban J connectivity index is 1.73. The average Bonchev–Trinajstić information content (AvgIpc) is 2.85. The second-order valence-electron chi connectivity index (χ2n) is 5.49. The van der Waals surface area contributed by atoms with E-state index in [1.807, 2.05) is 24.2 Å². The lowest BCUT2D eigenvalue weighted by Gasteiger charge is -2.22. The molecule has 0 aliphatic heterocycles. The Bertz CT molecular complexity index is 361. The number of rotatable bonds is 7. The number of thioether (sulfide) groups is 1. The van der Waals surface area contributed by atoms with Crippen LogP contribution in [0, 0.1) is 0 Å². The van der Waals surface area contributed by atoms with Crippen molar-refractivity contribution in [2.45, 2.75) is 69.8 Å². The highest BCUT2D eigenvalue weighted by Crippen LogP contribution is 2.28. The second-order valence-corrected chi connectivity index (χ2v) is 6.82. The highest BCUT2D eigenvalue weighted by molar-refractivity contribution is 7.99. The lowest BCUT2D eigenvalue weighted by Crippen LogP contribution is -2.20. The maximum absolute atomic E-state index is 10.2. The van der Waals surface area contributed by atoms with Crippen LogP contribution in [0.5, 0.6) is 0 Å². The summed E-state index contributed by atoms with van der Waals surface area (Å²) in [5.41, 5.74) is 0. The molecule has 1 atom stereocenters. The molecule has 1 heterocycles. The highest BCUT2D eigenvalue weighted by atomic mass is 32.2. The summed E-state index contributed by atoms with van der Waals surface area (Å²) in [4.78, 5) is 4.36. The van der Waals surface area contributed by atoms with Gasteiger partial charge in [0.2, 0.25) is 0 Å². The normalized spacial score (nSPS) is 18.6. The maximum Gasteiger partial charge on any atom is 0.111 e. The van der Waals surface area contributed by atoms with Crippen LogP contribution in [-0.4, -0.2) is 31.8 Å². The number of aliphatic hydroxyl groups is 1. The number of aryl methyl sites for hydroxylation is 1. The Kier molecular flexibility index (Phi) is 6.24. The summed E-state index contributed by atoms with van der Waals surface area (Å²) >= 11 is 1.96. The summed E-state index contributed by atoms with van der Waals surface area (Å²) in [7, 11) is 0. The van der Waals surface area contributed by atoms with Crippen LogP contribution in [-0.2, 0) is 13.0 Å². The number of aromatic nitrogens is 2. The van der Waals surface area contributed by atoms with Crippen molar-refractivity contribution in [1.29, 1.82) is 0 Å². The number of hydrogen-bond acceptors (Lipinski definition) is 3. The van der Waals surface area contributed by atoms with E-state index in [0.29, 0.717) is 6.42 Å². The van der Waals surface area contributed by atoms with E-state index in [9.17, 15) is 5.11 Å². The van der Waals surface area contributed by atoms with E-state index >= 15 is 0 Å². The molecule has 1 N–H and O–H groups in total. The molecule has 2 rings (SSSR count). The van der Waals surface area contributed by atoms with Gasteiger partial charge in [0.25, 0.3) is 0 Å². The van der Waals surface area contributed by atoms with E-state index in [-0.39, 0.29) is 6.10 Å². The van der Waals surface area contributed by atoms with Gasteiger partial charge in [0.1, 0.15) is 5.82 Å². The van der Waals surface area contributed by atoms with Crippen molar-refractivity contribution in [2.75, 3.05) is 5.75 Å². The van der Waals surface area contributed by atoms with Crippen LogP contribution in [0.4, 0.5) is 0 Å². The van der Waals surface area contributed by atoms with Crippen LogP contribution in [0.15, 0.2) is 12.4 Å². The first kappa shape index (κ1) is 14.9. The summed E-state index contributed by atoms with van der Waals surface area (Å²) in [6.45, 7) is 3.16. The lowest BCUT2D eigenvalue weighted by atomic mass is 10.0. The molecule has 1 saturated carbocycles. The molecule has 0 spiro atoms. The summed E-state index contributed by atoms with van der Waals surface area (Å²) in [5, 5.41) is 10.9. The van der Waals surface area contributed by atoms with Gasteiger partial charge in [0, 0.05) is 36.4 Å². The van der Waals surface area contributed by atoms with Crippen LogP contribution >= 0.6 is 11.8 Å². The minimum Gasteiger partial charge on any atom is -0.392 e. The van der Waals surface area contributed by atoms with E-state index in [4.69, 9.17) is 0 Å². The van der Waals surface area contributed by atoms with Crippen LogP contribution in [0.25, 0.3) is 0 Å². The van der Waals surface area contributed by atoms with Gasteiger partial charge in [0.05, 0.1) is 6.10 Å². The Morgan fingerprint density at radius 3 is 2.95 bits per heavy atom. The van der Waals surface area contributed by atoms with E-state index in [0.717, 1.165) is 29.8 Å². The Hall–Kier alpha value is -0.480. The minimum absolute atomic E-state index is 0.259. The SMILES string of the molecule is CCCn1ccnc1CC(O)CSC1CCCCC1. The maximum atomic E-state index is 10.2. The van der Waals surface area contributed by atoms with Gasteiger partial charge in [-0.2, -0.15) is 11.8 Å². The third-order valence-corrected chi connectivity index (χ3v) is 5.28. The highest BCUT2D eigenvalue weighted by Gasteiger charge is 2.16. The first-order valence-corrected chi connectivity index (χ1v) is 8.64. The standard InChI is InChI=1S/C15H26N2OS/c1-2-9-17-10-8-16-15(17)11-13(18)12-19-14-6-4-3-5-7-14/h8,10,13-14,18H,2-7,9,11-12H2,1H3. The summed E-state index contributed by atoms with van der Waals surface area (Å²) in [6.07, 6.45) is 12.2. The molecule has 108 valence electrons. The third kappa shape index (κ3) is 4.84. The molecular weight excluding hydrogens is 256 g/mol. The second kappa shape index (κ2) is 7.95.